The van der Waals surface area contributed by atoms with E-state index in [2.05, 4.69) is 20.3 Å². The second kappa shape index (κ2) is 7.21. The molecule has 7 heteroatoms. The maximum atomic E-state index is 12.8. The van der Waals surface area contributed by atoms with E-state index in [0.29, 0.717) is 17.7 Å². The van der Waals surface area contributed by atoms with Gasteiger partial charge in [-0.15, -0.1) is 0 Å². The third-order valence-corrected chi connectivity index (χ3v) is 3.64. The first-order valence-corrected chi connectivity index (χ1v) is 8.09. The fourth-order valence-corrected chi connectivity index (χ4v) is 2.53. The Hall–Kier alpha value is -3.09. The Labute approximate surface area is 144 Å². The monoisotopic (exact) mass is 337 g/mol. The third kappa shape index (κ3) is 3.71. The van der Waals surface area contributed by atoms with Crippen molar-refractivity contribution in [1.29, 1.82) is 0 Å². The van der Waals surface area contributed by atoms with Crippen molar-refractivity contribution < 1.29 is 4.79 Å². The summed E-state index contributed by atoms with van der Waals surface area (Å²) in [5, 5.41) is 2.73. The van der Waals surface area contributed by atoms with E-state index >= 15 is 0 Å². The van der Waals surface area contributed by atoms with E-state index in [1.54, 1.807) is 36.8 Å². The number of nitrogens with zero attached hydrogens (tertiary/aromatic N) is 4. The summed E-state index contributed by atoms with van der Waals surface area (Å²) in [6.07, 6.45) is 4.94. The Balaban J connectivity index is 1.96. The van der Waals surface area contributed by atoms with Gasteiger partial charge in [0.15, 0.2) is 11.3 Å². The second-order valence-corrected chi connectivity index (χ2v) is 6.16. The van der Waals surface area contributed by atoms with Crippen molar-refractivity contribution in [3.8, 4) is 0 Å². The summed E-state index contributed by atoms with van der Waals surface area (Å²) in [5.41, 5.74) is 1.31. The lowest BCUT2D eigenvalue weighted by Gasteiger charge is -2.13. The first kappa shape index (κ1) is 16.8. The lowest BCUT2D eigenvalue weighted by molar-refractivity contribution is 0.0944. The van der Waals surface area contributed by atoms with Crippen LogP contribution in [0.25, 0.3) is 11.2 Å². The molecule has 3 rings (SSSR count). The Kier molecular flexibility index (Phi) is 4.83. The molecule has 0 saturated carbocycles. The van der Waals surface area contributed by atoms with Crippen LogP contribution in [-0.2, 0) is 13.1 Å². The van der Waals surface area contributed by atoms with Crippen molar-refractivity contribution in [2.75, 3.05) is 0 Å². The molecule has 3 aromatic heterocycles. The molecule has 0 aliphatic heterocycles. The van der Waals surface area contributed by atoms with Crippen molar-refractivity contribution in [3.63, 3.8) is 0 Å². The number of fused-ring (bicyclic) bond motifs is 1. The average molecular weight is 337 g/mol. The van der Waals surface area contributed by atoms with Crippen molar-refractivity contribution in [3.05, 3.63) is 64.5 Å². The van der Waals surface area contributed by atoms with Crippen LogP contribution in [0, 0.1) is 5.92 Å². The molecule has 0 aliphatic carbocycles. The molecule has 128 valence electrons. The van der Waals surface area contributed by atoms with Crippen LogP contribution in [0.2, 0.25) is 0 Å². The second-order valence-electron chi connectivity index (χ2n) is 6.16. The maximum Gasteiger partial charge on any atom is 0.283 e. The van der Waals surface area contributed by atoms with Gasteiger partial charge in [-0.25, -0.2) is 9.97 Å². The van der Waals surface area contributed by atoms with Gasteiger partial charge in [-0.3, -0.25) is 19.1 Å². The van der Waals surface area contributed by atoms with E-state index in [1.165, 1.54) is 4.57 Å². The van der Waals surface area contributed by atoms with Gasteiger partial charge >= 0.3 is 0 Å². The maximum absolute atomic E-state index is 12.8. The highest BCUT2D eigenvalue weighted by Crippen LogP contribution is 2.09. The van der Waals surface area contributed by atoms with Gasteiger partial charge in [-0.2, -0.15) is 0 Å². The highest BCUT2D eigenvalue weighted by atomic mass is 16.2. The first-order valence-electron chi connectivity index (χ1n) is 8.09. The van der Waals surface area contributed by atoms with Gasteiger partial charge in [0.2, 0.25) is 0 Å². The van der Waals surface area contributed by atoms with Gasteiger partial charge in [0, 0.05) is 31.7 Å². The normalized spacial score (nSPS) is 11.0. The summed E-state index contributed by atoms with van der Waals surface area (Å²) >= 11 is 0. The van der Waals surface area contributed by atoms with Gasteiger partial charge in [-0.05, 0) is 29.7 Å². The molecule has 0 atom stereocenters. The number of rotatable bonds is 5. The number of hydrogen-bond donors (Lipinski definition) is 1. The lowest BCUT2D eigenvalue weighted by atomic mass is 10.2. The number of amides is 1. The molecule has 25 heavy (non-hydrogen) atoms. The Bertz CT molecular complexity index is 951. The van der Waals surface area contributed by atoms with Gasteiger partial charge in [-0.1, -0.05) is 19.9 Å². The van der Waals surface area contributed by atoms with Crippen LogP contribution in [0.15, 0.2) is 47.7 Å². The average Bonchev–Trinajstić information content (AvgIpc) is 2.62. The van der Waals surface area contributed by atoms with Crippen LogP contribution < -0.4 is 10.9 Å². The minimum Gasteiger partial charge on any atom is -0.346 e. The molecule has 0 radical (unpaired) electrons. The molecular weight excluding hydrogens is 318 g/mol. The topological polar surface area (TPSA) is 89.8 Å². The van der Waals surface area contributed by atoms with E-state index in [1.807, 2.05) is 19.9 Å². The van der Waals surface area contributed by atoms with Crippen LogP contribution >= 0.6 is 0 Å². The molecule has 7 nitrogen and oxygen atoms in total. The summed E-state index contributed by atoms with van der Waals surface area (Å²) in [7, 11) is 0. The molecule has 0 fully saturated rings. The van der Waals surface area contributed by atoms with Crippen molar-refractivity contribution in [2.45, 2.75) is 26.9 Å². The fraction of sp³-hybridized carbons (Fsp3) is 0.278. The zero-order valence-corrected chi connectivity index (χ0v) is 14.1. The van der Waals surface area contributed by atoms with Gasteiger partial charge in [0.25, 0.3) is 11.5 Å². The molecular formula is C18H19N5O2. The number of carbonyl (C=O) groups is 1. The summed E-state index contributed by atoms with van der Waals surface area (Å²) in [5.74, 6) is -0.270. The number of hydrogen-bond acceptors (Lipinski definition) is 5. The van der Waals surface area contributed by atoms with Crippen molar-refractivity contribution >= 4 is 17.1 Å². The molecule has 1 N–H and O–H groups in total. The number of carbonyl (C=O) groups excluding carboxylic acids is 1. The first-order chi connectivity index (χ1) is 12.1. The summed E-state index contributed by atoms with van der Waals surface area (Å²) in [6.45, 7) is 4.76. The molecule has 1 amide bonds. The molecule has 0 saturated heterocycles. The van der Waals surface area contributed by atoms with E-state index in [9.17, 15) is 9.59 Å². The predicted molar refractivity (Wildman–Crippen MR) is 94.0 cm³/mol. The van der Waals surface area contributed by atoms with E-state index < -0.39 is 11.5 Å². The fourth-order valence-electron chi connectivity index (χ4n) is 2.53. The van der Waals surface area contributed by atoms with E-state index in [0.717, 1.165) is 5.56 Å². The molecule has 0 unspecified atom stereocenters. The smallest absolute Gasteiger partial charge is 0.283 e. The molecule has 3 aromatic rings. The zero-order valence-electron chi connectivity index (χ0n) is 14.1. The zero-order chi connectivity index (χ0) is 17.8. The predicted octanol–water partition coefficient (Wildman–Crippen LogP) is 1.77. The summed E-state index contributed by atoms with van der Waals surface area (Å²) < 4.78 is 1.52. The SMILES string of the molecule is CC(C)Cn1c(=O)c(C(=O)NCc2cccnc2)nc2cccnc21. The molecule has 0 aromatic carbocycles. The molecule has 3 heterocycles. The standard InChI is InChI=1S/C18H19N5O2/c1-12(2)11-23-16-14(6-4-8-20-16)22-15(18(23)25)17(24)21-10-13-5-3-7-19-9-13/h3-9,12H,10-11H2,1-2H3,(H,21,24). The highest BCUT2D eigenvalue weighted by molar-refractivity contribution is 5.93. The largest absolute Gasteiger partial charge is 0.346 e. The Morgan fingerprint density at radius 1 is 1.24 bits per heavy atom. The van der Waals surface area contributed by atoms with Crippen LogP contribution in [-0.4, -0.2) is 25.4 Å². The van der Waals surface area contributed by atoms with Crippen molar-refractivity contribution in [1.82, 2.24) is 24.8 Å². The highest BCUT2D eigenvalue weighted by Gasteiger charge is 2.18. The van der Waals surface area contributed by atoms with Crippen LogP contribution in [0.3, 0.4) is 0 Å². The number of aromatic nitrogens is 4. The minimum atomic E-state index is -0.503. The minimum absolute atomic E-state index is 0.120. The third-order valence-electron chi connectivity index (χ3n) is 3.64. The lowest BCUT2D eigenvalue weighted by Crippen LogP contribution is -2.35. The van der Waals surface area contributed by atoms with E-state index in [4.69, 9.17) is 0 Å². The van der Waals surface area contributed by atoms with Gasteiger partial charge in [0.1, 0.15) is 5.52 Å². The van der Waals surface area contributed by atoms with Crippen LogP contribution in [0.1, 0.15) is 29.9 Å². The van der Waals surface area contributed by atoms with E-state index in [-0.39, 0.29) is 18.2 Å². The quantitative estimate of drug-likeness (QED) is 0.766. The van der Waals surface area contributed by atoms with Crippen molar-refractivity contribution in [2.24, 2.45) is 5.92 Å². The summed E-state index contributed by atoms with van der Waals surface area (Å²) in [4.78, 5) is 37.7. The number of pyridine rings is 2. The number of nitrogens with one attached hydrogen (secondary N) is 1. The molecule has 0 bridgehead atoms. The van der Waals surface area contributed by atoms with Gasteiger partial charge < -0.3 is 5.32 Å². The Morgan fingerprint density at radius 2 is 2.04 bits per heavy atom. The Morgan fingerprint density at radius 3 is 2.76 bits per heavy atom. The van der Waals surface area contributed by atoms with Crippen LogP contribution in [0.4, 0.5) is 0 Å². The summed E-state index contributed by atoms with van der Waals surface area (Å²) in [6, 6.07) is 7.12. The van der Waals surface area contributed by atoms with Gasteiger partial charge in [0.05, 0.1) is 0 Å². The molecule has 0 spiro atoms. The molecule has 0 aliphatic rings. The van der Waals surface area contributed by atoms with Crippen LogP contribution in [0.5, 0.6) is 0 Å².